The molecule has 0 radical (unpaired) electrons. The SMILES string of the molecule is CCNC(=NCc1cccnc1OCC)NCc1ncnn1C. The summed E-state index contributed by atoms with van der Waals surface area (Å²) in [6, 6.07) is 3.85. The van der Waals surface area contributed by atoms with Crippen LogP contribution in [0.4, 0.5) is 0 Å². The molecule has 0 saturated heterocycles. The Morgan fingerprint density at radius 2 is 2.17 bits per heavy atom. The van der Waals surface area contributed by atoms with Crippen LogP contribution in [-0.2, 0) is 20.1 Å². The molecule has 0 atom stereocenters. The molecule has 2 aromatic rings. The Bertz CT molecular complexity index is 638. The topological polar surface area (TPSA) is 89.2 Å². The predicted octanol–water partition coefficient (Wildman–Crippen LogP) is 0.864. The summed E-state index contributed by atoms with van der Waals surface area (Å²) in [6.07, 6.45) is 3.25. The van der Waals surface area contributed by atoms with Crippen molar-refractivity contribution in [1.82, 2.24) is 30.4 Å². The standard InChI is InChI=1S/C15H23N7O/c1-4-16-15(19-10-13-20-11-21-22(13)3)18-9-12-7-6-8-17-14(12)23-5-2/h6-8,11H,4-5,9-10H2,1-3H3,(H2,16,18,19). The van der Waals surface area contributed by atoms with Crippen LogP contribution < -0.4 is 15.4 Å². The first-order valence-corrected chi connectivity index (χ1v) is 7.66. The fourth-order valence-corrected chi connectivity index (χ4v) is 1.96. The summed E-state index contributed by atoms with van der Waals surface area (Å²) >= 11 is 0. The highest BCUT2D eigenvalue weighted by atomic mass is 16.5. The van der Waals surface area contributed by atoms with Gasteiger partial charge in [0.2, 0.25) is 5.88 Å². The second-order valence-corrected chi connectivity index (χ2v) is 4.75. The highest BCUT2D eigenvalue weighted by Crippen LogP contribution is 2.15. The first kappa shape index (κ1) is 16.7. The number of nitrogens with one attached hydrogen (secondary N) is 2. The molecule has 23 heavy (non-hydrogen) atoms. The number of ether oxygens (including phenoxy) is 1. The molecule has 0 fully saturated rings. The van der Waals surface area contributed by atoms with Crippen LogP contribution in [-0.4, -0.2) is 38.9 Å². The number of aryl methyl sites for hydroxylation is 1. The van der Waals surface area contributed by atoms with Gasteiger partial charge in [0, 0.05) is 25.4 Å². The van der Waals surface area contributed by atoms with Crippen molar-refractivity contribution >= 4 is 5.96 Å². The van der Waals surface area contributed by atoms with Crippen molar-refractivity contribution in [2.45, 2.75) is 26.9 Å². The first-order valence-electron chi connectivity index (χ1n) is 7.66. The molecule has 124 valence electrons. The van der Waals surface area contributed by atoms with Gasteiger partial charge in [0.05, 0.1) is 19.7 Å². The van der Waals surface area contributed by atoms with E-state index in [1.165, 1.54) is 6.33 Å². The lowest BCUT2D eigenvalue weighted by molar-refractivity contribution is 0.323. The Hall–Kier alpha value is -2.64. The first-order chi connectivity index (χ1) is 11.2. The van der Waals surface area contributed by atoms with Gasteiger partial charge in [-0.2, -0.15) is 5.10 Å². The summed E-state index contributed by atoms with van der Waals surface area (Å²) in [7, 11) is 1.86. The van der Waals surface area contributed by atoms with E-state index in [1.807, 2.05) is 33.0 Å². The highest BCUT2D eigenvalue weighted by molar-refractivity contribution is 5.79. The van der Waals surface area contributed by atoms with Gasteiger partial charge in [0.15, 0.2) is 5.96 Å². The molecule has 2 N–H and O–H groups in total. The molecular formula is C15H23N7O. The van der Waals surface area contributed by atoms with Crippen molar-refractivity contribution in [3.05, 3.63) is 36.0 Å². The average Bonchev–Trinajstić information content (AvgIpc) is 2.97. The molecule has 0 aliphatic heterocycles. The van der Waals surface area contributed by atoms with Gasteiger partial charge in [0.1, 0.15) is 12.2 Å². The monoisotopic (exact) mass is 317 g/mol. The lowest BCUT2D eigenvalue weighted by Gasteiger charge is -2.11. The molecule has 0 bridgehead atoms. The van der Waals surface area contributed by atoms with E-state index >= 15 is 0 Å². The Labute approximate surface area is 136 Å². The molecule has 8 heteroatoms. The van der Waals surface area contributed by atoms with Crippen molar-refractivity contribution in [1.29, 1.82) is 0 Å². The van der Waals surface area contributed by atoms with E-state index in [4.69, 9.17) is 4.74 Å². The smallest absolute Gasteiger partial charge is 0.218 e. The molecule has 0 aromatic carbocycles. The van der Waals surface area contributed by atoms with Crippen molar-refractivity contribution < 1.29 is 4.74 Å². The Morgan fingerprint density at radius 1 is 1.30 bits per heavy atom. The maximum absolute atomic E-state index is 5.52. The van der Waals surface area contributed by atoms with Gasteiger partial charge in [-0.3, -0.25) is 4.68 Å². The van der Waals surface area contributed by atoms with Crippen molar-refractivity contribution in [2.24, 2.45) is 12.0 Å². The molecule has 0 unspecified atom stereocenters. The van der Waals surface area contributed by atoms with E-state index in [-0.39, 0.29) is 0 Å². The van der Waals surface area contributed by atoms with Crippen LogP contribution in [0.1, 0.15) is 25.2 Å². The number of hydrogen-bond acceptors (Lipinski definition) is 5. The van der Waals surface area contributed by atoms with E-state index in [0.717, 1.165) is 17.9 Å². The van der Waals surface area contributed by atoms with Gasteiger partial charge >= 0.3 is 0 Å². The molecule has 2 rings (SSSR count). The summed E-state index contributed by atoms with van der Waals surface area (Å²) in [4.78, 5) is 13.0. The largest absolute Gasteiger partial charge is 0.478 e. The van der Waals surface area contributed by atoms with Crippen LogP contribution >= 0.6 is 0 Å². The second-order valence-electron chi connectivity index (χ2n) is 4.75. The third-order valence-electron chi connectivity index (χ3n) is 3.10. The number of nitrogens with zero attached hydrogens (tertiary/aromatic N) is 5. The number of guanidine groups is 1. The third-order valence-corrected chi connectivity index (χ3v) is 3.10. The fraction of sp³-hybridized carbons (Fsp3) is 0.467. The average molecular weight is 317 g/mol. The highest BCUT2D eigenvalue weighted by Gasteiger charge is 2.05. The normalized spacial score (nSPS) is 11.3. The number of rotatable bonds is 7. The predicted molar refractivity (Wildman–Crippen MR) is 88.1 cm³/mol. The quantitative estimate of drug-likeness (QED) is 0.582. The zero-order valence-electron chi connectivity index (χ0n) is 13.8. The number of hydrogen-bond donors (Lipinski definition) is 2. The van der Waals surface area contributed by atoms with Crippen LogP contribution in [0.5, 0.6) is 5.88 Å². The zero-order chi connectivity index (χ0) is 16.5. The van der Waals surface area contributed by atoms with Crippen LogP contribution in [0.2, 0.25) is 0 Å². The van der Waals surface area contributed by atoms with Crippen LogP contribution in [0.3, 0.4) is 0 Å². The minimum absolute atomic E-state index is 0.483. The third kappa shape index (κ3) is 4.94. The molecule has 8 nitrogen and oxygen atoms in total. The van der Waals surface area contributed by atoms with E-state index in [9.17, 15) is 0 Å². The van der Waals surface area contributed by atoms with Crippen LogP contribution in [0.15, 0.2) is 29.6 Å². The van der Waals surface area contributed by atoms with Crippen molar-refractivity contribution in [2.75, 3.05) is 13.2 Å². The summed E-state index contributed by atoms with van der Waals surface area (Å²) in [5, 5.41) is 10.5. The number of pyridine rings is 1. The molecule has 2 heterocycles. The maximum Gasteiger partial charge on any atom is 0.218 e. The molecule has 0 spiro atoms. The molecule has 2 aromatic heterocycles. The lowest BCUT2D eigenvalue weighted by Crippen LogP contribution is -2.37. The Kier molecular flexibility index (Phi) is 6.34. The molecule has 0 saturated carbocycles. The van der Waals surface area contributed by atoms with E-state index in [2.05, 4.69) is 30.7 Å². The summed E-state index contributed by atoms with van der Waals surface area (Å²) < 4.78 is 7.25. The molecule has 0 aliphatic carbocycles. The van der Waals surface area contributed by atoms with Gasteiger partial charge in [-0.15, -0.1) is 0 Å². The summed E-state index contributed by atoms with van der Waals surface area (Å²) in [6.45, 7) is 6.35. The molecular weight excluding hydrogens is 294 g/mol. The minimum Gasteiger partial charge on any atom is -0.478 e. The van der Waals surface area contributed by atoms with Gasteiger partial charge in [-0.25, -0.2) is 15.0 Å². The van der Waals surface area contributed by atoms with E-state index in [1.54, 1.807) is 10.9 Å². The maximum atomic E-state index is 5.52. The fourth-order valence-electron chi connectivity index (χ4n) is 1.96. The molecule has 0 amide bonds. The minimum atomic E-state index is 0.483. The van der Waals surface area contributed by atoms with E-state index in [0.29, 0.717) is 31.5 Å². The summed E-state index contributed by atoms with van der Waals surface area (Å²) in [5.74, 6) is 2.18. The number of aliphatic imine (C=N–C) groups is 1. The van der Waals surface area contributed by atoms with Gasteiger partial charge < -0.3 is 15.4 Å². The van der Waals surface area contributed by atoms with Crippen molar-refractivity contribution in [3.63, 3.8) is 0 Å². The van der Waals surface area contributed by atoms with Gasteiger partial charge in [0.25, 0.3) is 0 Å². The Balaban J connectivity index is 2.02. The lowest BCUT2D eigenvalue weighted by atomic mass is 10.3. The number of aromatic nitrogens is 4. The van der Waals surface area contributed by atoms with Gasteiger partial charge in [-0.1, -0.05) is 6.07 Å². The van der Waals surface area contributed by atoms with E-state index < -0.39 is 0 Å². The second kappa shape index (κ2) is 8.72. The molecule has 0 aliphatic rings. The van der Waals surface area contributed by atoms with Gasteiger partial charge in [-0.05, 0) is 19.9 Å². The van der Waals surface area contributed by atoms with Crippen molar-refractivity contribution in [3.8, 4) is 5.88 Å². The Morgan fingerprint density at radius 3 is 2.87 bits per heavy atom. The van der Waals surface area contributed by atoms with Crippen LogP contribution in [0.25, 0.3) is 0 Å². The summed E-state index contributed by atoms with van der Waals surface area (Å²) in [5.41, 5.74) is 0.949. The zero-order valence-corrected chi connectivity index (χ0v) is 13.8. The van der Waals surface area contributed by atoms with Crippen LogP contribution in [0, 0.1) is 0 Å².